The Bertz CT molecular complexity index is 1350. The van der Waals surface area contributed by atoms with Crippen molar-refractivity contribution in [1.82, 2.24) is 26.6 Å². The van der Waals surface area contributed by atoms with Crippen LogP contribution < -0.4 is 31.3 Å². The molecular formula is C37H51N5O5. The third-order valence-corrected chi connectivity index (χ3v) is 7.34. The van der Waals surface area contributed by atoms with E-state index < -0.39 is 17.7 Å². The number of unbranched alkanes of at least 4 members (excludes halogenated alkanes) is 1. The highest BCUT2D eigenvalue weighted by Crippen LogP contribution is 2.12. The molecule has 0 bridgehead atoms. The maximum atomic E-state index is 13.5. The number of hydrogen-bond donors (Lipinski definition) is 5. The van der Waals surface area contributed by atoms with Crippen LogP contribution in [0.2, 0.25) is 0 Å². The van der Waals surface area contributed by atoms with Crippen molar-refractivity contribution < 1.29 is 23.9 Å². The van der Waals surface area contributed by atoms with E-state index in [2.05, 4.69) is 26.6 Å². The number of amides is 4. The van der Waals surface area contributed by atoms with E-state index in [4.69, 9.17) is 9.47 Å². The van der Waals surface area contributed by atoms with Gasteiger partial charge in [-0.05, 0) is 81.7 Å². The lowest BCUT2D eigenvalue weighted by molar-refractivity contribution is -0.123. The van der Waals surface area contributed by atoms with Crippen molar-refractivity contribution in [1.29, 1.82) is 0 Å². The summed E-state index contributed by atoms with van der Waals surface area (Å²) in [7, 11) is 1.63. The zero-order valence-electron chi connectivity index (χ0n) is 28.1. The molecule has 0 aliphatic heterocycles. The normalized spacial score (nSPS) is 12.3. The fourth-order valence-electron chi connectivity index (χ4n) is 4.94. The minimum absolute atomic E-state index is 0.115. The number of carbonyl (C=O) groups excluding carboxylic acids is 3. The summed E-state index contributed by atoms with van der Waals surface area (Å²) < 4.78 is 10.5. The highest BCUT2D eigenvalue weighted by molar-refractivity contribution is 5.81. The van der Waals surface area contributed by atoms with Gasteiger partial charge in [0.1, 0.15) is 11.4 Å². The first kappa shape index (κ1) is 36.9. The highest BCUT2D eigenvalue weighted by Gasteiger charge is 2.23. The van der Waals surface area contributed by atoms with Gasteiger partial charge in [0.25, 0.3) is 0 Å². The number of hydrogen-bond acceptors (Lipinski definition) is 6. The molecule has 5 N–H and O–H groups in total. The van der Waals surface area contributed by atoms with Gasteiger partial charge in [-0.15, -0.1) is 0 Å². The molecule has 0 unspecified atom stereocenters. The third kappa shape index (κ3) is 15.5. The molecule has 0 saturated heterocycles. The summed E-state index contributed by atoms with van der Waals surface area (Å²) in [6.45, 7) is 7.13. The van der Waals surface area contributed by atoms with E-state index in [0.717, 1.165) is 22.4 Å². The molecule has 3 aromatic rings. The first-order chi connectivity index (χ1) is 22.6. The molecule has 4 amide bonds. The molecule has 0 aliphatic rings. The predicted octanol–water partition coefficient (Wildman–Crippen LogP) is 5.12. The number of ether oxygens (including phenoxy) is 2. The number of nitrogens with one attached hydrogen (secondary N) is 5. The maximum absolute atomic E-state index is 13.5. The Kier molecular flexibility index (Phi) is 15.6. The number of urea groups is 1. The van der Waals surface area contributed by atoms with Crippen LogP contribution in [-0.4, -0.2) is 62.5 Å². The van der Waals surface area contributed by atoms with Crippen molar-refractivity contribution in [3.05, 3.63) is 102 Å². The van der Waals surface area contributed by atoms with Gasteiger partial charge in [-0.1, -0.05) is 72.8 Å². The van der Waals surface area contributed by atoms with Crippen LogP contribution in [0.4, 0.5) is 9.59 Å². The van der Waals surface area contributed by atoms with Crippen molar-refractivity contribution in [2.24, 2.45) is 0 Å². The van der Waals surface area contributed by atoms with Crippen LogP contribution >= 0.6 is 0 Å². The molecule has 0 radical (unpaired) electrons. The summed E-state index contributed by atoms with van der Waals surface area (Å²) in [4.78, 5) is 38.3. The predicted molar refractivity (Wildman–Crippen MR) is 185 cm³/mol. The SMILES string of the molecule is COc1ccc(CCNC(=O)NC[C@@H](Cc2ccccc2)N[C@@H](CCCCNC(=O)OC(C)(C)C)C(=O)NCc2ccccc2)cc1. The molecule has 254 valence electrons. The van der Waals surface area contributed by atoms with Gasteiger partial charge in [0.15, 0.2) is 0 Å². The number of benzene rings is 3. The van der Waals surface area contributed by atoms with E-state index in [1.807, 2.05) is 106 Å². The van der Waals surface area contributed by atoms with E-state index >= 15 is 0 Å². The van der Waals surface area contributed by atoms with Crippen LogP contribution in [0.5, 0.6) is 5.75 Å². The Hall–Kier alpha value is -4.57. The zero-order valence-corrected chi connectivity index (χ0v) is 28.1. The summed E-state index contributed by atoms with van der Waals surface area (Å²) in [6.07, 6.45) is 2.79. The smallest absolute Gasteiger partial charge is 0.407 e. The summed E-state index contributed by atoms with van der Waals surface area (Å²) >= 11 is 0. The van der Waals surface area contributed by atoms with Gasteiger partial charge < -0.3 is 36.1 Å². The Morgan fingerprint density at radius 1 is 0.723 bits per heavy atom. The van der Waals surface area contributed by atoms with E-state index in [0.29, 0.717) is 58.3 Å². The molecule has 10 nitrogen and oxygen atoms in total. The lowest BCUT2D eigenvalue weighted by atomic mass is 10.0. The number of carbonyl (C=O) groups is 3. The van der Waals surface area contributed by atoms with Crippen LogP contribution in [0.25, 0.3) is 0 Å². The Labute approximate surface area is 279 Å². The van der Waals surface area contributed by atoms with Crippen molar-refractivity contribution in [2.75, 3.05) is 26.7 Å². The first-order valence-electron chi connectivity index (χ1n) is 16.3. The quantitative estimate of drug-likeness (QED) is 0.122. The average molecular weight is 646 g/mol. The molecule has 0 aromatic heterocycles. The van der Waals surface area contributed by atoms with Crippen LogP contribution in [-0.2, 0) is 28.9 Å². The minimum atomic E-state index is -0.564. The number of alkyl carbamates (subject to hydrolysis) is 1. The lowest BCUT2D eigenvalue weighted by Gasteiger charge is -2.26. The van der Waals surface area contributed by atoms with Gasteiger partial charge >= 0.3 is 12.1 Å². The molecule has 3 aromatic carbocycles. The average Bonchev–Trinajstić information content (AvgIpc) is 3.05. The van der Waals surface area contributed by atoms with Crippen molar-refractivity contribution in [3.8, 4) is 5.75 Å². The van der Waals surface area contributed by atoms with E-state index in [1.54, 1.807) is 7.11 Å². The first-order valence-corrected chi connectivity index (χ1v) is 16.3. The van der Waals surface area contributed by atoms with Crippen molar-refractivity contribution >= 4 is 18.0 Å². The molecule has 0 heterocycles. The second kappa shape index (κ2) is 19.8. The maximum Gasteiger partial charge on any atom is 0.407 e. The van der Waals surface area contributed by atoms with Crippen LogP contribution in [0.15, 0.2) is 84.9 Å². The molecule has 2 atom stereocenters. The summed E-state index contributed by atoms with van der Waals surface area (Å²) in [5, 5.41) is 15.3. The monoisotopic (exact) mass is 645 g/mol. The number of methoxy groups -OCH3 is 1. The van der Waals surface area contributed by atoms with Crippen LogP contribution in [0.1, 0.15) is 56.7 Å². The molecule has 0 saturated carbocycles. The fraction of sp³-hybridized carbons (Fsp3) is 0.432. The topological polar surface area (TPSA) is 130 Å². The van der Waals surface area contributed by atoms with Gasteiger partial charge in [0.2, 0.25) is 5.91 Å². The lowest BCUT2D eigenvalue weighted by Crippen LogP contribution is -2.53. The standard InChI is InChI=1S/C37H51N5O5/c1-37(2,3)47-36(45)39-23-12-11-17-33(34(43)40-26-30-15-9-6-10-16-30)42-31(25-29-13-7-5-8-14-29)27-41-35(44)38-24-22-28-18-20-32(46-4)21-19-28/h5-10,13-16,18-21,31,33,42H,11-12,17,22-27H2,1-4H3,(H,39,45)(H,40,43)(H2,38,41,44)/t31-,33+/m1/s1. The van der Waals surface area contributed by atoms with Gasteiger partial charge in [-0.25, -0.2) is 9.59 Å². The summed E-state index contributed by atoms with van der Waals surface area (Å²) in [6, 6.07) is 26.6. The van der Waals surface area contributed by atoms with Gasteiger partial charge in [-0.2, -0.15) is 0 Å². The van der Waals surface area contributed by atoms with E-state index in [9.17, 15) is 14.4 Å². The molecule has 47 heavy (non-hydrogen) atoms. The third-order valence-electron chi connectivity index (χ3n) is 7.34. The largest absolute Gasteiger partial charge is 0.497 e. The summed E-state index contributed by atoms with van der Waals surface area (Å²) in [5.41, 5.74) is 2.64. The van der Waals surface area contributed by atoms with Crippen molar-refractivity contribution in [2.45, 2.75) is 77.1 Å². The van der Waals surface area contributed by atoms with Gasteiger partial charge in [-0.3, -0.25) is 4.79 Å². The zero-order chi connectivity index (χ0) is 33.9. The Morgan fingerprint density at radius 3 is 2.02 bits per heavy atom. The van der Waals surface area contributed by atoms with Crippen LogP contribution in [0, 0.1) is 0 Å². The molecule has 3 rings (SSSR count). The molecular weight excluding hydrogens is 594 g/mol. The summed E-state index contributed by atoms with van der Waals surface area (Å²) in [5.74, 6) is 0.678. The number of rotatable bonds is 18. The fourth-order valence-corrected chi connectivity index (χ4v) is 4.94. The Balaban J connectivity index is 1.59. The van der Waals surface area contributed by atoms with Crippen molar-refractivity contribution in [3.63, 3.8) is 0 Å². The molecule has 0 aliphatic carbocycles. The minimum Gasteiger partial charge on any atom is -0.497 e. The highest BCUT2D eigenvalue weighted by atomic mass is 16.6. The van der Waals surface area contributed by atoms with Gasteiger partial charge in [0.05, 0.1) is 13.2 Å². The second-order valence-corrected chi connectivity index (χ2v) is 12.5. The van der Waals surface area contributed by atoms with Gasteiger partial charge in [0, 0.05) is 32.2 Å². The van der Waals surface area contributed by atoms with Crippen LogP contribution in [0.3, 0.4) is 0 Å². The molecule has 0 fully saturated rings. The second-order valence-electron chi connectivity index (χ2n) is 12.5. The van der Waals surface area contributed by atoms with E-state index in [-0.39, 0.29) is 18.0 Å². The van der Waals surface area contributed by atoms with E-state index in [1.165, 1.54) is 0 Å². The Morgan fingerprint density at radius 2 is 1.38 bits per heavy atom. The molecule has 0 spiro atoms. The molecule has 10 heteroatoms.